The van der Waals surface area contributed by atoms with Crippen LogP contribution in [0, 0.1) is 0 Å². The third-order valence-electron chi connectivity index (χ3n) is 3.49. The maximum absolute atomic E-state index is 12.4. The number of fused-ring (bicyclic) bond motifs is 1. The largest absolute Gasteiger partial charge is 0.359 e. The number of nitrogens with zero attached hydrogens (tertiary/aromatic N) is 2. The molecule has 0 radical (unpaired) electrons. The van der Waals surface area contributed by atoms with Crippen molar-refractivity contribution in [3.05, 3.63) is 33.2 Å². The van der Waals surface area contributed by atoms with Crippen LogP contribution in [0.15, 0.2) is 27.5 Å². The highest BCUT2D eigenvalue weighted by molar-refractivity contribution is 9.10. The monoisotopic (exact) mass is 383 g/mol. The average Bonchev–Trinajstić information content (AvgIpc) is 2.82. The lowest BCUT2D eigenvalue weighted by atomic mass is 10.1. The van der Waals surface area contributed by atoms with E-state index in [9.17, 15) is 14.4 Å². The van der Waals surface area contributed by atoms with Crippen LogP contribution in [0.5, 0.6) is 0 Å². The van der Waals surface area contributed by atoms with Crippen LogP contribution in [0.25, 0.3) is 11.0 Å². The van der Waals surface area contributed by atoms with Gasteiger partial charge in [-0.05, 0) is 24.6 Å². The number of benzene rings is 1. The molecule has 1 amide bonds. The molecule has 0 saturated carbocycles. The molecule has 6 nitrogen and oxygen atoms in total. The summed E-state index contributed by atoms with van der Waals surface area (Å²) in [6, 6.07) is 4.78. The van der Waals surface area contributed by atoms with E-state index in [4.69, 9.17) is 0 Å². The highest BCUT2D eigenvalue weighted by Crippen LogP contribution is 2.22. The van der Waals surface area contributed by atoms with Gasteiger partial charge in [-0.15, -0.1) is 0 Å². The van der Waals surface area contributed by atoms with Crippen LogP contribution >= 0.6 is 15.9 Å². The van der Waals surface area contributed by atoms with Crippen molar-refractivity contribution >= 4 is 39.2 Å². The van der Waals surface area contributed by atoms with Gasteiger partial charge >= 0.3 is 5.69 Å². The summed E-state index contributed by atoms with van der Waals surface area (Å²) >= 11 is 3.37. The molecule has 0 bridgehead atoms. The van der Waals surface area contributed by atoms with Gasteiger partial charge in [0.1, 0.15) is 6.29 Å². The lowest BCUT2D eigenvalue weighted by Crippen LogP contribution is -2.28. The van der Waals surface area contributed by atoms with Crippen molar-refractivity contribution in [1.29, 1.82) is 0 Å². The van der Waals surface area contributed by atoms with Crippen molar-refractivity contribution in [2.24, 2.45) is 7.05 Å². The smallest absolute Gasteiger partial charge is 0.329 e. The normalized spacial score (nSPS) is 11.5. The summed E-state index contributed by atoms with van der Waals surface area (Å²) in [7, 11) is 3.20. The quantitative estimate of drug-likeness (QED) is 0.805. The van der Waals surface area contributed by atoms with Gasteiger partial charge in [0.2, 0.25) is 5.91 Å². The van der Waals surface area contributed by atoms with Gasteiger partial charge in [0.25, 0.3) is 0 Å². The molecule has 23 heavy (non-hydrogen) atoms. The van der Waals surface area contributed by atoms with Crippen LogP contribution in [0.3, 0.4) is 0 Å². The van der Waals surface area contributed by atoms with Gasteiger partial charge in [-0.1, -0.05) is 29.8 Å². The first kappa shape index (κ1) is 19.2. The SMILES string of the molecule is CC.CNC(=O)CCC(C=O)n1c(=O)n(C)c2cc(Br)ccc21. The summed E-state index contributed by atoms with van der Waals surface area (Å²) < 4.78 is 3.80. The van der Waals surface area contributed by atoms with E-state index in [2.05, 4.69) is 21.2 Å². The minimum atomic E-state index is -0.653. The Morgan fingerprint density at radius 1 is 1.35 bits per heavy atom. The van der Waals surface area contributed by atoms with E-state index in [1.165, 1.54) is 9.13 Å². The van der Waals surface area contributed by atoms with Gasteiger partial charge in [-0.3, -0.25) is 13.9 Å². The first-order valence-electron chi connectivity index (χ1n) is 7.52. The number of halogens is 1. The van der Waals surface area contributed by atoms with Crippen molar-refractivity contribution in [1.82, 2.24) is 14.5 Å². The number of carbonyl (C=O) groups excluding carboxylic acids is 2. The molecule has 1 N–H and O–H groups in total. The molecule has 0 aliphatic rings. The fraction of sp³-hybridized carbons (Fsp3) is 0.438. The summed E-state index contributed by atoms with van der Waals surface area (Å²) in [5.41, 5.74) is 1.15. The number of carbonyl (C=O) groups is 2. The third kappa shape index (κ3) is 4.10. The second-order valence-corrected chi connectivity index (χ2v) is 5.68. The van der Waals surface area contributed by atoms with Crippen molar-refractivity contribution in [3.8, 4) is 0 Å². The van der Waals surface area contributed by atoms with Gasteiger partial charge < -0.3 is 10.1 Å². The molecule has 126 valence electrons. The number of hydrogen-bond donors (Lipinski definition) is 1. The first-order valence-corrected chi connectivity index (χ1v) is 8.31. The maximum Gasteiger partial charge on any atom is 0.329 e. The Bertz CT molecular complexity index is 749. The second-order valence-electron chi connectivity index (χ2n) is 4.76. The summed E-state index contributed by atoms with van der Waals surface area (Å²) in [5.74, 6) is -0.155. The topological polar surface area (TPSA) is 73.1 Å². The summed E-state index contributed by atoms with van der Waals surface area (Å²) in [6.07, 6.45) is 1.20. The van der Waals surface area contributed by atoms with Gasteiger partial charge in [-0.25, -0.2) is 4.79 Å². The minimum absolute atomic E-state index is 0.155. The zero-order valence-electron chi connectivity index (χ0n) is 13.8. The van der Waals surface area contributed by atoms with Crippen LogP contribution in [0.4, 0.5) is 0 Å². The predicted octanol–water partition coefficient (Wildman–Crippen LogP) is 2.39. The Morgan fingerprint density at radius 2 is 2.00 bits per heavy atom. The summed E-state index contributed by atoms with van der Waals surface area (Å²) in [6.45, 7) is 4.00. The highest BCUT2D eigenvalue weighted by atomic mass is 79.9. The van der Waals surface area contributed by atoms with Crippen LogP contribution in [-0.2, 0) is 16.6 Å². The van der Waals surface area contributed by atoms with Crippen molar-refractivity contribution in [2.45, 2.75) is 32.7 Å². The van der Waals surface area contributed by atoms with Gasteiger partial charge in [0.05, 0.1) is 17.1 Å². The molecule has 0 aliphatic heterocycles. The standard InChI is InChI=1S/C14H16BrN3O3.C2H6/c1-16-13(20)6-4-10(8-19)18-11-5-3-9(15)7-12(11)17(2)14(18)21;1-2/h3,5,7-8,10H,4,6H2,1-2H3,(H,16,20);1-2H3. The molecule has 0 aliphatic carbocycles. The van der Waals surface area contributed by atoms with Crippen LogP contribution < -0.4 is 11.0 Å². The molecule has 0 saturated heterocycles. The zero-order chi connectivity index (χ0) is 17.6. The Hall–Kier alpha value is -1.89. The number of aryl methyl sites for hydroxylation is 1. The van der Waals surface area contributed by atoms with E-state index in [1.54, 1.807) is 20.2 Å². The Labute approximate surface area is 143 Å². The van der Waals surface area contributed by atoms with Crippen LogP contribution in [0.2, 0.25) is 0 Å². The fourth-order valence-electron chi connectivity index (χ4n) is 2.32. The Kier molecular flexibility index (Phi) is 7.22. The number of aromatic nitrogens is 2. The molecule has 7 heteroatoms. The maximum atomic E-state index is 12.4. The molecule has 1 atom stereocenters. The van der Waals surface area contributed by atoms with E-state index < -0.39 is 6.04 Å². The third-order valence-corrected chi connectivity index (χ3v) is 3.98. The highest BCUT2D eigenvalue weighted by Gasteiger charge is 2.19. The molecule has 1 heterocycles. The van der Waals surface area contributed by atoms with Crippen molar-refractivity contribution < 1.29 is 9.59 Å². The number of hydrogen-bond acceptors (Lipinski definition) is 3. The van der Waals surface area contributed by atoms with Crippen LogP contribution in [-0.4, -0.2) is 28.4 Å². The number of nitrogens with one attached hydrogen (secondary N) is 1. The van der Waals surface area contributed by atoms with E-state index in [0.717, 1.165) is 9.99 Å². The molecule has 0 fully saturated rings. The molecular weight excluding hydrogens is 362 g/mol. The lowest BCUT2D eigenvalue weighted by Gasteiger charge is -2.11. The van der Waals surface area contributed by atoms with Crippen molar-refractivity contribution in [3.63, 3.8) is 0 Å². The molecule has 0 spiro atoms. The Morgan fingerprint density at radius 3 is 2.57 bits per heavy atom. The molecule has 2 rings (SSSR count). The molecular formula is C16H22BrN3O3. The molecule has 2 aromatic rings. The Balaban J connectivity index is 0.00000127. The number of imidazole rings is 1. The first-order chi connectivity index (χ1) is 11.0. The van der Waals surface area contributed by atoms with Gasteiger partial charge in [0, 0.05) is 25.0 Å². The van der Waals surface area contributed by atoms with E-state index in [1.807, 2.05) is 26.0 Å². The molecule has 1 aromatic carbocycles. The van der Waals surface area contributed by atoms with E-state index in [0.29, 0.717) is 11.8 Å². The number of rotatable bonds is 5. The summed E-state index contributed by atoms with van der Waals surface area (Å²) in [5, 5.41) is 2.51. The lowest BCUT2D eigenvalue weighted by molar-refractivity contribution is -0.121. The molecule has 1 unspecified atom stereocenters. The fourth-order valence-corrected chi connectivity index (χ4v) is 2.67. The van der Waals surface area contributed by atoms with Gasteiger partial charge in [-0.2, -0.15) is 0 Å². The minimum Gasteiger partial charge on any atom is -0.359 e. The second kappa shape index (κ2) is 8.67. The predicted molar refractivity (Wildman–Crippen MR) is 94.6 cm³/mol. The van der Waals surface area contributed by atoms with Crippen LogP contribution in [0.1, 0.15) is 32.7 Å². The van der Waals surface area contributed by atoms with Gasteiger partial charge in [0.15, 0.2) is 0 Å². The number of aldehydes is 1. The zero-order valence-corrected chi connectivity index (χ0v) is 15.4. The molecule has 1 aromatic heterocycles. The van der Waals surface area contributed by atoms with E-state index in [-0.39, 0.29) is 24.4 Å². The summed E-state index contributed by atoms with van der Waals surface area (Å²) in [4.78, 5) is 35.1. The number of amides is 1. The van der Waals surface area contributed by atoms with E-state index >= 15 is 0 Å². The van der Waals surface area contributed by atoms with Crippen molar-refractivity contribution in [2.75, 3.05) is 7.05 Å². The average molecular weight is 384 g/mol.